The fraction of sp³-hybridized carbons (Fsp3) is 0.0667. The Morgan fingerprint density at radius 2 is 1.86 bits per heavy atom. The molecule has 0 saturated carbocycles. The van der Waals surface area contributed by atoms with Crippen molar-refractivity contribution in [3.8, 4) is 0 Å². The molecule has 0 aliphatic heterocycles. The van der Waals surface area contributed by atoms with Gasteiger partial charge in [0.25, 0.3) is 0 Å². The molecule has 108 valence electrons. The Kier molecular flexibility index (Phi) is 5.56. The van der Waals surface area contributed by atoms with Gasteiger partial charge in [0.05, 0.1) is 4.88 Å². The van der Waals surface area contributed by atoms with Gasteiger partial charge in [-0.05, 0) is 29.7 Å². The Bertz CT molecular complexity index is 658. The first-order valence-electron chi connectivity index (χ1n) is 5.93. The van der Waals surface area contributed by atoms with Crippen LogP contribution in [0.15, 0.2) is 41.8 Å². The van der Waals surface area contributed by atoms with Crippen LogP contribution in [0.5, 0.6) is 0 Å². The molecule has 1 aromatic carbocycles. The average molecular weight is 341 g/mol. The maximum Gasteiger partial charge on any atom is 0.331 e. The lowest BCUT2D eigenvalue weighted by atomic mass is 10.2. The normalized spacial score (nSPS) is 10.8. The van der Waals surface area contributed by atoms with E-state index < -0.39 is 5.97 Å². The number of ketones is 1. The van der Waals surface area contributed by atoms with Crippen LogP contribution >= 0.6 is 34.5 Å². The van der Waals surface area contributed by atoms with Gasteiger partial charge in [0.15, 0.2) is 6.61 Å². The van der Waals surface area contributed by atoms with Crippen molar-refractivity contribution in [2.75, 3.05) is 6.61 Å². The van der Waals surface area contributed by atoms with Crippen LogP contribution in [0.2, 0.25) is 10.0 Å². The number of rotatable bonds is 5. The molecule has 0 saturated heterocycles. The lowest BCUT2D eigenvalue weighted by Crippen LogP contribution is -2.11. The number of Topliss-reactive ketones (excluding diaryl/α,β-unsaturated/α-hetero) is 1. The van der Waals surface area contributed by atoms with Gasteiger partial charge in [-0.3, -0.25) is 4.79 Å². The van der Waals surface area contributed by atoms with Crippen LogP contribution in [0.3, 0.4) is 0 Å². The minimum atomic E-state index is -0.629. The highest BCUT2D eigenvalue weighted by Gasteiger charge is 2.09. The number of halogens is 2. The van der Waals surface area contributed by atoms with Crippen molar-refractivity contribution in [3.05, 3.63) is 62.3 Å². The third kappa shape index (κ3) is 4.43. The second-order valence-corrected chi connectivity index (χ2v) is 5.74. The quantitative estimate of drug-likeness (QED) is 0.457. The van der Waals surface area contributed by atoms with Crippen molar-refractivity contribution < 1.29 is 14.3 Å². The fourth-order valence-corrected chi connectivity index (χ4v) is 2.69. The molecule has 0 N–H and O–H groups in total. The highest BCUT2D eigenvalue weighted by molar-refractivity contribution is 7.12. The molecular weight excluding hydrogens is 331 g/mol. The van der Waals surface area contributed by atoms with Crippen LogP contribution < -0.4 is 0 Å². The van der Waals surface area contributed by atoms with E-state index in [2.05, 4.69) is 0 Å². The van der Waals surface area contributed by atoms with Crippen molar-refractivity contribution >= 4 is 52.4 Å². The zero-order valence-corrected chi connectivity index (χ0v) is 13.0. The first-order valence-corrected chi connectivity index (χ1v) is 7.57. The number of thiophene rings is 1. The molecule has 0 aliphatic rings. The SMILES string of the molecule is O=C(/C=C/c1c(Cl)cccc1Cl)OCC(=O)c1cccs1. The zero-order valence-electron chi connectivity index (χ0n) is 10.7. The van der Waals surface area contributed by atoms with Gasteiger partial charge < -0.3 is 4.74 Å². The molecule has 0 unspecified atom stereocenters. The Morgan fingerprint density at radius 3 is 2.48 bits per heavy atom. The maximum absolute atomic E-state index is 11.7. The summed E-state index contributed by atoms with van der Waals surface area (Å²) >= 11 is 13.2. The molecule has 6 heteroatoms. The molecular formula is C15H10Cl2O3S. The van der Waals surface area contributed by atoms with Crippen molar-refractivity contribution in [2.45, 2.75) is 0 Å². The number of carbonyl (C=O) groups is 2. The number of benzene rings is 1. The van der Waals surface area contributed by atoms with Gasteiger partial charge in [0.2, 0.25) is 5.78 Å². The molecule has 0 amide bonds. The van der Waals surface area contributed by atoms with Gasteiger partial charge in [-0.15, -0.1) is 11.3 Å². The fourth-order valence-electron chi connectivity index (χ4n) is 1.51. The summed E-state index contributed by atoms with van der Waals surface area (Å²) in [6.07, 6.45) is 2.65. The van der Waals surface area contributed by atoms with Crippen molar-refractivity contribution in [1.82, 2.24) is 0 Å². The van der Waals surface area contributed by atoms with Crippen LogP contribution in [0.4, 0.5) is 0 Å². The highest BCUT2D eigenvalue weighted by Crippen LogP contribution is 2.25. The molecule has 0 bridgehead atoms. The van der Waals surface area contributed by atoms with E-state index in [0.29, 0.717) is 20.5 Å². The van der Waals surface area contributed by atoms with E-state index >= 15 is 0 Å². The van der Waals surface area contributed by atoms with Gasteiger partial charge in [-0.1, -0.05) is 35.3 Å². The van der Waals surface area contributed by atoms with Gasteiger partial charge in [0, 0.05) is 21.7 Å². The van der Waals surface area contributed by atoms with Crippen molar-refractivity contribution in [2.24, 2.45) is 0 Å². The van der Waals surface area contributed by atoms with E-state index in [-0.39, 0.29) is 12.4 Å². The molecule has 2 rings (SSSR count). The zero-order chi connectivity index (χ0) is 15.2. The molecule has 0 aliphatic carbocycles. The largest absolute Gasteiger partial charge is 0.454 e. The Morgan fingerprint density at radius 1 is 1.14 bits per heavy atom. The minimum Gasteiger partial charge on any atom is -0.454 e. The smallest absolute Gasteiger partial charge is 0.331 e. The molecule has 21 heavy (non-hydrogen) atoms. The summed E-state index contributed by atoms with van der Waals surface area (Å²) in [4.78, 5) is 23.8. The van der Waals surface area contributed by atoms with Crippen LogP contribution in [-0.4, -0.2) is 18.4 Å². The molecule has 3 nitrogen and oxygen atoms in total. The molecule has 0 radical (unpaired) electrons. The number of esters is 1. The summed E-state index contributed by atoms with van der Waals surface area (Å²) in [5, 5.41) is 2.65. The summed E-state index contributed by atoms with van der Waals surface area (Å²) in [5.41, 5.74) is 0.530. The molecule has 2 aromatic rings. The lowest BCUT2D eigenvalue weighted by molar-refractivity contribution is -0.136. The Balaban J connectivity index is 1.93. The number of carbonyl (C=O) groups excluding carboxylic acids is 2. The third-order valence-electron chi connectivity index (χ3n) is 2.53. The standard InChI is InChI=1S/C15H10Cl2O3S/c16-11-3-1-4-12(17)10(11)6-7-15(19)20-9-13(18)14-5-2-8-21-14/h1-8H,9H2/b7-6+. The van der Waals surface area contributed by atoms with Crippen molar-refractivity contribution in [1.29, 1.82) is 0 Å². The van der Waals surface area contributed by atoms with Crippen LogP contribution in [0.1, 0.15) is 15.2 Å². The predicted molar refractivity (Wildman–Crippen MR) is 85.1 cm³/mol. The van der Waals surface area contributed by atoms with Gasteiger partial charge in [-0.25, -0.2) is 4.79 Å². The number of ether oxygens (including phenoxy) is 1. The topological polar surface area (TPSA) is 43.4 Å². The predicted octanol–water partition coefficient (Wildman–Crippen LogP) is 4.49. The maximum atomic E-state index is 11.7. The van der Waals surface area contributed by atoms with Gasteiger partial charge in [0.1, 0.15) is 0 Å². The van der Waals surface area contributed by atoms with E-state index in [0.717, 1.165) is 0 Å². The van der Waals surface area contributed by atoms with E-state index in [1.54, 1.807) is 35.7 Å². The summed E-state index contributed by atoms with van der Waals surface area (Å²) in [6, 6.07) is 8.48. The summed E-state index contributed by atoms with van der Waals surface area (Å²) in [6.45, 7) is -0.292. The average Bonchev–Trinajstić information content (AvgIpc) is 2.98. The van der Waals surface area contributed by atoms with Crippen LogP contribution in [0, 0.1) is 0 Å². The molecule has 0 fully saturated rings. The molecule has 1 aromatic heterocycles. The Hall–Kier alpha value is -1.62. The number of hydrogen-bond acceptors (Lipinski definition) is 4. The van der Waals surface area contributed by atoms with Crippen LogP contribution in [-0.2, 0) is 9.53 Å². The van der Waals surface area contributed by atoms with Gasteiger partial charge >= 0.3 is 5.97 Å². The molecule has 1 heterocycles. The highest BCUT2D eigenvalue weighted by atomic mass is 35.5. The molecule has 0 spiro atoms. The summed E-state index contributed by atoms with van der Waals surface area (Å²) in [7, 11) is 0. The minimum absolute atomic E-state index is 0.234. The third-order valence-corrected chi connectivity index (χ3v) is 4.10. The molecule has 0 atom stereocenters. The van der Waals surface area contributed by atoms with Crippen LogP contribution in [0.25, 0.3) is 6.08 Å². The first kappa shape index (κ1) is 15.8. The second-order valence-electron chi connectivity index (χ2n) is 3.98. The van der Waals surface area contributed by atoms with E-state index in [9.17, 15) is 9.59 Å². The van der Waals surface area contributed by atoms with E-state index in [4.69, 9.17) is 27.9 Å². The monoisotopic (exact) mass is 340 g/mol. The van der Waals surface area contributed by atoms with Gasteiger partial charge in [-0.2, -0.15) is 0 Å². The van der Waals surface area contributed by atoms with E-state index in [1.807, 2.05) is 0 Å². The first-order chi connectivity index (χ1) is 10.1. The Labute approximate surface area is 135 Å². The lowest BCUT2D eigenvalue weighted by Gasteiger charge is -2.01. The summed E-state index contributed by atoms with van der Waals surface area (Å²) < 4.78 is 4.87. The number of hydrogen-bond donors (Lipinski definition) is 0. The summed E-state index contributed by atoms with van der Waals surface area (Å²) in [5.74, 6) is -0.863. The van der Waals surface area contributed by atoms with E-state index in [1.165, 1.54) is 23.5 Å². The van der Waals surface area contributed by atoms with Crippen molar-refractivity contribution in [3.63, 3.8) is 0 Å². The second kappa shape index (κ2) is 7.41.